The van der Waals surface area contributed by atoms with Gasteiger partial charge >= 0.3 is 0 Å². The minimum atomic E-state index is -0.0795. The first-order valence-corrected chi connectivity index (χ1v) is 6.63. The third-order valence-corrected chi connectivity index (χ3v) is 4.30. The molecule has 0 unspecified atom stereocenters. The quantitative estimate of drug-likeness (QED) is 0.850. The Morgan fingerprint density at radius 1 is 1.50 bits per heavy atom. The van der Waals surface area contributed by atoms with Crippen LogP contribution in [0.15, 0.2) is 6.20 Å². The summed E-state index contributed by atoms with van der Waals surface area (Å²) in [5.41, 5.74) is 0.148. The fourth-order valence-electron chi connectivity index (χ4n) is 1.74. The number of hydrogen-bond donors (Lipinski definition) is 2. The van der Waals surface area contributed by atoms with Crippen LogP contribution in [0.2, 0.25) is 0 Å². The Morgan fingerprint density at radius 3 is 2.69 bits per heavy atom. The standard InChI is InChI=1S/C12H20N2OS/c1-12(2,3)11-14-7-10(16-11)6-13-8-4-9(15)5-8/h7-9,13,15H,4-6H2,1-3H3. The molecule has 1 aromatic rings. The molecule has 3 nitrogen and oxygen atoms in total. The van der Waals surface area contributed by atoms with Gasteiger partial charge in [-0.2, -0.15) is 0 Å². The van der Waals surface area contributed by atoms with Crippen LogP contribution in [0.3, 0.4) is 0 Å². The number of aliphatic hydroxyl groups excluding tert-OH is 1. The van der Waals surface area contributed by atoms with Crippen LogP contribution in [0, 0.1) is 0 Å². The second kappa shape index (κ2) is 4.43. The maximum absolute atomic E-state index is 9.18. The van der Waals surface area contributed by atoms with Crippen LogP contribution in [-0.2, 0) is 12.0 Å². The molecule has 0 saturated heterocycles. The summed E-state index contributed by atoms with van der Waals surface area (Å²) in [7, 11) is 0. The molecule has 4 heteroatoms. The van der Waals surface area contributed by atoms with E-state index in [2.05, 4.69) is 31.1 Å². The van der Waals surface area contributed by atoms with Gasteiger partial charge in [0, 0.05) is 29.1 Å². The monoisotopic (exact) mass is 240 g/mol. The van der Waals surface area contributed by atoms with E-state index in [1.165, 1.54) is 9.88 Å². The third kappa shape index (κ3) is 2.81. The Morgan fingerprint density at radius 2 is 2.19 bits per heavy atom. The van der Waals surface area contributed by atoms with E-state index in [1.54, 1.807) is 11.3 Å². The van der Waals surface area contributed by atoms with Gasteiger partial charge in [-0.15, -0.1) is 11.3 Å². The van der Waals surface area contributed by atoms with Crippen LogP contribution >= 0.6 is 11.3 Å². The predicted molar refractivity (Wildman–Crippen MR) is 66.7 cm³/mol. The first-order chi connectivity index (χ1) is 7.45. The van der Waals surface area contributed by atoms with Gasteiger partial charge in [-0.1, -0.05) is 20.8 Å². The lowest BCUT2D eigenvalue weighted by Crippen LogP contribution is -2.43. The Bertz CT molecular complexity index is 350. The average molecular weight is 240 g/mol. The topological polar surface area (TPSA) is 45.2 Å². The summed E-state index contributed by atoms with van der Waals surface area (Å²) in [5, 5.41) is 13.8. The molecule has 0 radical (unpaired) electrons. The van der Waals surface area contributed by atoms with Gasteiger partial charge in [0.2, 0.25) is 0 Å². The van der Waals surface area contributed by atoms with Gasteiger partial charge < -0.3 is 10.4 Å². The molecule has 0 atom stereocenters. The molecule has 0 aromatic carbocycles. The van der Waals surface area contributed by atoms with E-state index in [9.17, 15) is 5.11 Å². The second-order valence-corrected chi connectivity index (χ2v) is 6.70. The summed E-state index contributed by atoms with van der Waals surface area (Å²) in [6, 6.07) is 0.496. The number of aliphatic hydroxyl groups is 1. The van der Waals surface area contributed by atoms with Gasteiger partial charge in [-0.3, -0.25) is 0 Å². The summed E-state index contributed by atoms with van der Waals surface area (Å²) in [5.74, 6) is 0. The fraction of sp³-hybridized carbons (Fsp3) is 0.750. The number of rotatable bonds is 3. The molecule has 1 heterocycles. The normalized spacial score (nSPS) is 25.5. The lowest BCUT2D eigenvalue weighted by atomic mass is 9.89. The molecule has 0 bridgehead atoms. The number of aromatic nitrogens is 1. The van der Waals surface area contributed by atoms with Crippen molar-refractivity contribution in [1.82, 2.24) is 10.3 Å². The van der Waals surface area contributed by atoms with E-state index in [0.717, 1.165) is 19.4 Å². The lowest BCUT2D eigenvalue weighted by Gasteiger charge is -2.31. The van der Waals surface area contributed by atoms with Crippen LogP contribution in [0.25, 0.3) is 0 Å². The molecule has 0 aliphatic heterocycles. The maximum Gasteiger partial charge on any atom is 0.0981 e. The molecule has 1 aliphatic rings. The Balaban J connectivity index is 1.84. The van der Waals surface area contributed by atoms with Crippen LogP contribution in [0.5, 0.6) is 0 Å². The highest BCUT2D eigenvalue weighted by atomic mass is 32.1. The lowest BCUT2D eigenvalue weighted by molar-refractivity contribution is 0.0620. The Labute approximate surface area is 101 Å². The second-order valence-electron chi connectivity index (χ2n) is 5.58. The SMILES string of the molecule is CC(C)(C)c1ncc(CNC2CC(O)C2)s1. The van der Waals surface area contributed by atoms with Crippen LogP contribution in [0.4, 0.5) is 0 Å². The van der Waals surface area contributed by atoms with Crippen molar-refractivity contribution in [1.29, 1.82) is 0 Å². The fourth-order valence-corrected chi connectivity index (χ4v) is 2.66. The van der Waals surface area contributed by atoms with Gasteiger partial charge in [0.1, 0.15) is 0 Å². The van der Waals surface area contributed by atoms with Crippen molar-refractivity contribution in [3.63, 3.8) is 0 Å². The van der Waals surface area contributed by atoms with E-state index in [1.807, 2.05) is 6.20 Å². The van der Waals surface area contributed by atoms with Crippen LogP contribution < -0.4 is 5.32 Å². The van der Waals surface area contributed by atoms with Gasteiger partial charge in [0.25, 0.3) is 0 Å². The number of nitrogens with zero attached hydrogens (tertiary/aromatic N) is 1. The van der Waals surface area contributed by atoms with E-state index in [4.69, 9.17) is 0 Å². The van der Waals surface area contributed by atoms with Crippen molar-refractivity contribution in [3.8, 4) is 0 Å². The van der Waals surface area contributed by atoms with Crippen molar-refractivity contribution in [3.05, 3.63) is 16.1 Å². The molecule has 1 fully saturated rings. The zero-order valence-corrected chi connectivity index (χ0v) is 11.0. The van der Waals surface area contributed by atoms with Crippen molar-refractivity contribution < 1.29 is 5.11 Å². The van der Waals surface area contributed by atoms with E-state index in [0.29, 0.717) is 6.04 Å². The maximum atomic E-state index is 9.18. The van der Waals surface area contributed by atoms with Crippen molar-refractivity contribution >= 4 is 11.3 Å². The first-order valence-electron chi connectivity index (χ1n) is 5.82. The predicted octanol–water partition coefficient (Wildman–Crippen LogP) is 2.05. The van der Waals surface area contributed by atoms with Crippen molar-refractivity contribution in [2.45, 2.75) is 57.7 Å². The molecule has 0 spiro atoms. The molecular weight excluding hydrogens is 220 g/mol. The number of hydrogen-bond acceptors (Lipinski definition) is 4. The minimum absolute atomic E-state index is 0.0795. The van der Waals surface area contributed by atoms with Crippen molar-refractivity contribution in [2.24, 2.45) is 0 Å². The Hall–Kier alpha value is -0.450. The van der Waals surface area contributed by atoms with E-state index >= 15 is 0 Å². The zero-order chi connectivity index (χ0) is 11.8. The molecule has 0 amide bonds. The van der Waals surface area contributed by atoms with E-state index < -0.39 is 0 Å². The highest BCUT2D eigenvalue weighted by molar-refractivity contribution is 7.11. The molecule has 2 N–H and O–H groups in total. The van der Waals surface area contributed by atoms with Gasteiger partial charge in [0.15, 0.2) is 0 Å². The molecule has 90 valence electrons. The first kappa shape index (κ1) is 12.0. The van der Waals surface area contributed by atoms with Crippen LogP contribution in [0.1, 0.15) is 43.5 Å². The molecule has 1 aliphatic carbocycles. The van der Waals surface area contributed by atoms with Crippen molar-refractivity contribution in [2.75, 3.05) is 0 Å². The average Bonchev–Trinajstić information content (AvgIpc) is 2.58. The van der Waals surface area contributed by atoms with Crippen LogP contribution in [-0.4, -0.2) is 22.2 Å². The number of nitrogens with one attached hydrogen (secondary N) is 1. The third-order valence-electron chi connectivity index (χ3n) is 2.87. The summed E-state index contributed by atoms with van der Waals surface area (Å²) in [6.45, 7) is 7.44. The summed E-state index contributed by atoms with van der Waals surface area (Å²) in [4.78, 5) is 5.74. The number of thiazole rings is 1. The molecular formula is C12H20N2OS. The minimum Gasteiger partial charge on any atom is -0.393 e. The van der Waals surface area contributed by atoms with Gasteiger partial charge in [-0.25, -0.2) is 4.98 Å². The van der Waals surface area contributed by atoms with Gasteiger partial charge in [0.05, 0.1) is 11.1 Å². The highest BCUT2D eigenvalue weighted by Crippen LogP contribution is 2.27. The largest absolute Gasteiger partial charge is 0.393 e. The van der Waals surface area contributed by atoms with Gasteiger partial charge in [-0.05, 0) is 12.8 Å². The van der Waals surface area contributed by atoms with E-state index in [-0.39, 0.29) is 11.5 Å². The molecule has 2 rings (SSSR count). The summed E-state index contributed by atoms with van der Waals surface area (Å²) in [6.07, 6.45) is 3.67. The summed E-state index contributed by atoms with van der Waals surface area (Å²) >= 11 is 1.78. The smallest absolute Gasteiger partial charge is 0.0981 e. The zero-order valence-electron chi connectivity index (χ0n) is 10.2. The molecule has 1 saturated carbocycles. The summed E-state index contributed by atoms with van der Waals surface area (Å²) < 4.78 is 0. The molecule has 16 heavy (non-hydrogen) atoms. The molecule has 1 aromatic heterocycles. The highest BCUT2D eigenvalue weighted by Gasteiger charge is 2.26. The Kier molecular flexibility index (Phi) is 3.33.